The molecule has 0 aliphatic heterocycles. The van der Waals surface area contributed by atoms with Crippen molar-refractivity contribution in [2.24, 2.45) is 5.92 Å². The summed E-state index contributed by atoms with van der Waals surface area (Å²) >= 11 is 5.65. The number of halogens is 1. The fourth-order valence-electron chi connectivity index (χ4n) is 1.36. The molecule has 0 fully saturated rings. The first-order valence-electron chi connectivity index (χ1n) is 4.93. The predicted molar refractivity (Wildman–Crippen MR) is 58.6 cm³/mol. The zero-order valence-electron chi connectivity index (χ0n) is 9.42. The summed E-state index contributed by atoms with van der Waals surface area (Å²) in [4.78, 5) is 13.6. The SMILES string of the molecule is CCN(C(=O)C(C)CCl)C(C)COC. The van der Waals surface area contributed by atoms with Crippen molar-refractivity contribution in [1.82, 2.24) is 4.90 Å². The third-order valence-electron chi connectivity index (χ3n) is 2.22. The average molecular weight is 222 g/mol. The van der Waals surface area contributed by atoms with Gasteiger partial charge in [0, 0.05) is 25.5 Å². The Bertz CT molecular complexity index is 176. The summed E-state index contributed by atoms with van der Waals surface area (Å²) in [6.07, 6.45) is 0. The van der Waals surface area contributed by atoms with Crippen LogP contribution in [0, 0.1) is 5.92 Å². The van der Waals surface area contributed by atoms with Gasteiger partial charge in [-0.05, 0) is 13.8 Å². The second-order valence-corrected chi connectivity index (χ2v) is 3.79. The number of ether oxygens (including phenoxy) is 1. The van der Waals surface area contributed by atoms with Crippen molar-refractivity contribution in [1.29, 1.82) is 0 Å². The Balaban J connectivity index is 4.31. The van der Waals surface area contributed by atoms with Crippen molar-refractivity contribution < 1.29 is 9.53 Å². The van der Waals surface area contributed by atoms with E-state index in [2.05, 4.69) is 0 Å². The summed E-state index contributed by atoms with van der Waals surface area (Å²) in [6.45, 7) is 7.05. The Hall–Kier alpha value is -0.280. The maximum Gasteiger partial charge on any atom is 0.226 e. The lowest BCUT2D eigenvalue weighted by Gasteiger charge is -2.29. The van der Waals surface area contributed by atoms with Crippen LogP contribution < -0.4 is 0 Å². The second kappa shape index (κ2) is 7.07. The smallest absolute Gasteiger partial charge is 0.226 e. The van der Waals surface area contributed by atoms with Gasteiger partial charge in [0.2, 0.25) is 5.91 Å². The van der Waals surface area contributed by atoms with Gasteiger partial charge in [0.05, 0.1) is 12.6 Å². The van der Waals surface area contributed by atoms with Gasteiger partial charge in [0.25, 0.3) is 0 Å². The third-order valence-corrected chi connectivity index (χ3v) is 2.68. The van der Waals surface area contributed by atoms with Gasteiger partial charge in [-0.15, -0.1) is 11.6 Å². The number of nitrogens with zero attached hydrogens (tertiary/aromatic N) is 1. The molecule has 0 heterocycles. The standard InChI is InChI=1S/C10H20ClNO2/c1-5-12(9(3)7-14-4)10(13)8(2)6-11/h8-9H,5-7H2,1-4H3. The minimum Gasteiger partial charge on any atom is -0.383 e. The number of alkyl halides is 1. The lowest BCUT2D eigenvalue weighted by molar-refractivity contribution is -0.137. The molecule has 0 bridgehead atoms. The van der Waals surface area contributed by atoms with Gasteiger partial charge in [-0.2, -0.15) is 0 Å². The molecule has 0 aromatic rings. The Labute approximate surface area is 91.4 Å². The summed E-state index contributed by atoms with van der Waals surface area (Å²) in [7, 11) is 1.64. The Morgan fingerprint density at radius 3 is 2.43 bits per heavy atom. The molecule has 0 aliphatic carbocycles. The maximum atomic E-state index is 11.8. The van der Waals surface area contributed by atoms with Gasteiger partial charge in [0.15, 0.2) is 0 Å². The summed E-state index contributed by atoms with van der Waals surface area (Å²) in [5.41, 5.74) is 0. The Morgan fingerprint density at radius 2 is 2.07 bits per heavy atom. The van der Waals surface area contributed by atoms with Crippen LogP contribution in [0.25, 0.3) is 0 Å². The molecule has 14 heavy (non-hydrogen) atoms. The number of methoxy groups -OCH3 is 1. The first-order valence-corrected chi connectivity index (χ1v) is 5.47. The van der Waals surface area contributed by atoms with Crippen molar-refractivity contribution in [3.05, 3.63) is 0 Å². The van der Waals surface area contributed by atoms with E-state index >= 15 is 0 Å². The molecule has 1 amide bonds. The fraction of sp³-hybridized carbons (Fsp3) is 0.900. The van der Waals surface area contributed by atoms with Crippen LogP contribution in [-0.2, 0) is 9.53 Å². The molecule has 2 atom stereocenters. The Morgan fingerprint density at radius 1 is 1.50 bits per heavy atom. The lowest BCUT2D eigenvalue weighted by Crippen LogP contribution is -2.43. The van der Waals surface area contributed by atoms with E-state index in [4.69, 9.17) is 16.3 Å². The van der Waals surface area contributed by atoms with Crippen LogP contribution in [0.2, 0.25) is 0 Å². The van der Waals surface area contributed by atoms with Crippen LogP contribution in [-0.4, -0.2) is 43.0 Å². The van der Waals surface area contributed by atoms with Crippen molar-refractivity contribution in [2.45, 2.75) is 26.8 Å². The van der Waals surface area contributed by atoms with Crippen LogP contribution in [0.4, 0.5) is 0 Å². The number of likely N-dealkylation sites (N-methyl/N-ethyl adjacent to an activating group) is 1. The number of hydrogen-bond donors (Lipinski definition) is 0. The highest BCUT2D eigenvalue weighted by molar-refractivity contribution is 6.19. The van der Waals surface area contributed by atoms with Crippen LogP contribution in [0.3, 0.4) is 0 Å². The maximum absolute atomic E-state index is 11.8. The van der Waals surface area contributed by atoms with E-state index in [1.54, 1.807) is 12.0 Å². The van der Waals surface area contributed by atoms with Crippen LogP contribution in [0.5, 0.6) is 0 Å². The molecule has 84 valence electrons. The van der Waals surface area contributed by atoms with E-state index in [0.29, 0.717) is 19.0 Å². The predicted octanol–water partition coefficient (Wildman–Crippen LogP) is 1.74. The zero-order valence-corrected chi connectivity index (χ0v) is 10.2. The molecule has 0 radical (unpaired) electrons. The second-order valence-electron chi connectivity index (χ2n) is 3.48. The van der Waals surface area contributed by atoms with E-state index in [1.807, 2.05) is 20.8 Å². The van der Waals surface area contributed by atoms with E-state index < -0.39 is 0 Å². The van der Waals surface area contributed by atoms with Crippen LogP contribution in [0.15, 0.2) is 0 Å². The molecule has 0 saturated carbocycles. The molecule has 0 N–H and O–H groups in total. The summed E-state index contributed by atoms with van der Waals surface area (Å²) in [5, 5.41) is 0. The van der Waals surface area contributed by atoms with Gasteiger partial charge in [-0.25, -0.2) is 0 Å². The van der Waals surface area contributed by atoms with Crippen molar-refractivity contribution in [2.75, 3.05) is 26.1 Å². The molecule has 4 heteroatoms. The molecule has 0 aromatic carbocycles. The van der Waals surface area contributed by atoms with Crippen molar-refractivity contribution in [3.63, 3.8) is 0 Å². The van der Waals surface area contributed by atoms with Crippen molar-refractivity contribution in [3.8, 4) is 0 Å². The number of amides is 1. The summed E-state index contributed by atoms with van der Waals surface area (Å²) in [5.74, 6) is 0.359. The largest absolute Gasteiger partial charge is 0.383 e. The van der Waals surface area contributed by atoms with Crippen LogP contribution >= 0.6 is 11.6 Å². The quantitative estimate of drug-likeness (QED) is 0.640. The minimum atomic E-state index is -0.115. The van der Waals surface area contributed by atoms with E-state index in [9.17, 15) is 4.79 Å². The first kappa shape index (κ1) is 13.7. The summed E-state index contributed by atoms with van der Waals surface area (Å²) in [6, 6.07) is 0.114. The lowest BCUT2D eigenvalue weighted by atomic mass is 10.1. The van der Waals surface area contributed by atoms with Crippen molar-refractivity contribution >= 4 is 17.5 Å². The number of hydrogen-bond acceptors (Lipinski definition) is 2. The average Bonchev–Trinajstić information content (AvgIpc) is 2.18. The molecule has 2 unspecified atom stereocenters. The Kier molecular flexibility index (Phi) is 6.93. The molecule has 0 aromatic heterocycles. The molecular formula is C10H20ClNO2. The first-order chi connectivity index (χ1) is 6.58. The van der Waals surface area contributed by atoms with Gasteiger partial charge < -0.3 is 9.64 Å². The molecule has 0 spiro atoms. The van der Waals surface area contributed by atoms with Gasteiger partial charge >= 0.3 is 0 Å². The van der Waals surface area contributed by atoms with E-state index in [-0.39, 0.29) is 17.9 Å². The molecule has 3 nitrogen and oxygen atoms in total. The highest BCUT2D eigenvalue weighted by Gasteiger charge is 2.22. The highest BCUT2D eigenvalue weighted by atomic mass is 35.5. The fourth-order valence-corrected chi connectivity index (χ4v) is 1.50. The van der Waals surface area contributed by atoms with Gasteiger partial charge in [-0.3, -0.25) is 4.79 Å². The molecular weight excluding hydrogens is 202 g/mol. The normalized spacial score (nSPS) is 14.9. The number of carbonyl (C=O) groups excluding carboxylic acids is 1. The monoisotopic (exact) mass is 221 g/mol. The molecule has 0 saturated heterocycles. The van der Waals surface area contributed by atoms with Gasteiger partial charge in [0.1, 0.15) is 0 Å². The van der Waals surface area contributed by atoms with Crippen LogP contribution in [0.1, 0.15) is 20.8 Å². The molecule has 0 rings (SSSR count). The molecule has 0 aliphatic rings. The zero-order chi connectivity index (χ0) is 11.1. The number of rotatable bonds is 6. The number of carbonyl (C=O) groups is 1. The summed E-state index contributed by atoms with van der Waals surface area (Å²) < 4.78 is 5.02. The highest BCUT2D eigenvalue weighted by Crippen LogP contribution is 2.08. The van der Waals surface area contributed by atoms with E-state index in [0.717, 1.165) is 0 Å². The topological polar surface area (TPSA) is 29.5 Å². The minimum absolute atomic E-state index is 0.104. The van der Waals surface area contributed by atoms with Gasteiger partial charge in [-0.1, -0.05) is 6.92 Å². The van der Waals surface area contributed by atoms with E-state index in [1.165, 1.54) is 0 Å². The third kappa shape index (κ3) is 3.84.